The third-order valence-corrected chi connectivity index (χ3v) is 9.63. The third kappa shape index (κ3) is 3.18. The molecule has 0 aliphatic carbocycles. The van der Waals surface area contributed by atoms with E-state index in [1.165, 1.54) is 76.3 Å². The second kappa shape index (κ2) is 7.97. The molecule has 0 radical (unpaired) electrons. The van der Waals surface area contributed by atoms with Crippen LogP contribution in [0.3, 0.4) is 0 Å². The van der Waals surface area contributed by atoms with Gasteiger partial charge in [0.15, 0.2) is 0 Å². The number of benzene rings is 2. The summed E-state index contributed by atoms with van der Waals surface area (Å²) in [6.07, 6.45) is 5.18. The van der Waals surface area contributed by atoms with Gasteiger partial charge in [0.25, 0.3) is 0 Å². The lowest BCUT2D eigenvalue weighted by atomic mass is 10.2. The van der Waals surface area contributed by atoms with Crippen LogP contribution in [0.2, 0.25) is 0 Å². The van der Waals surface area contributed by atoms with E-state index in [2.05, 4.69) is 77.5 Å². The summed E-state index contributed by atoms with van der Waals surface area (Å²) >= 11 is 5.80. The topological polar surface area (TPSA) is 17.0 Å². The zero-order valence-corrected chi connectivity index (χ0v) is 19.9. The smallest absolute Gasteiger partial charge is 0.0915 e. The molecule has 0 unspecified atom stereocenters. The van der Waals surface area contributed by atoms with E-state index in [4.69, 9.17) is 0 Å². The van der Waals surface area contributed by atoms with Crippen molar-refractivity contribution in [1.82, 2.24) is 4.57 Å². The van der Waals surface area contributed by atoms with Crippen LogP contribution in [0.25, 0.3) is 45.6 Å². The van der Waals surface area contributed by atoms with E-state index in [9.17, 15) is 0 Å². The summed E-state index contributed by atoms with van der Waals surface area (Å²) in [6.45, 7) is 3.33. The van der Waals surface area contributed by atoms with Gasteiger partial charge in [0.2, 0.25) is 0 Å². The summed E-state index contributed by atoms with van der Waals surface area (Å²) in [5.74, 6) is 0. The molecule has 0 saturated carbocycles. The Kier molecular flexibility index (Phi) is 4.98. The zero-order valence-electron chi connectivity index (χ0n) is 17.5. The molecule has 2 nitrogen and oxygen atoms in total. The number of rotatable bonds is 7. The van der Waals surface area contributed by atoms with Crippen LogP contribution in [-0.2, 0) is 0 Å². The number of hydrogen-bond acceptors (Lipinski definition) is 4. The molecular formula is C26H24N2S3. The van der Waals surface area contributed by atoms with Crippen molar-refractivity contribution in [2.75, 3.05) is 11.9 Å². The highest BCUT2D eigenvalue weighted by Gasteiger charge is 2.22. The highest BCUT2D eigenvalue weighted by molar-refractivity contribution is 7.44. The minimum Gasteiger partial charge on any atom is -0.377 e. The molecule has 0 fully saturated rings. The first-order valence-corrected chi connectivity index (χ1v) is 13.5. The van der Waals surface area contributed by atoms with E-state index in [-0.39, 0.29) is 0 Å². The predicted molar refractivity (Wildman–Crippen MR) is 142 cm³/mol. The molecule has 1 N–H and O–H groups in total. The molecule has 4 heterocycles. The normalized spacial score (nSPS) is 12.0. The second-order valence-corrected chi connectivity index (χ2v) is 11.4. The molecule has 0 aliphatic rings. The van der Waals surface area contributed by atoms with Crippen LogP contribution < -0.4 is 5.32 Å². The number of unbranched alkanes of at least 4 members (excludes halogenated alkanes) is 3. The van der Waals surface area contributed by atoms with Gasteiger partial charge in [-0.3, -0.25) is 0 Å². The SMILES string of the molecule is CCCCCCNc1cc2c(s1)sc1c3sc4ccccc4c3n(-c3ccccc3)c21. The molecule has 0 spiro atoms. The van der Waals surface area contributed by atoms with Crippen LogP contribution in [-0.4, -0.2) is 11.1 Å². The van der Waals surface area contributed by atoms with E-state index in [1.54, 1.807) is 0 Å². The van der Waals surface area contributed by atoms with Crippen molar-refractivity contribution >= 4 is 78.9 Å². The Morgan fingerprint density at radius 3 is 2.42 bits per heavy atom. The van der Waals surface area contributed by atoms with Gasteiger partial charge in [0.05, 0.1) is 29.4 Å². The minimum atomic E-state index is 1.07. The summed E-state index contributed by atoms with van der Waals surface area (Å²) in [4.78, 5) is 0. The van der Waals surface area contributed by atoms with Crippen LogP contribution >= 0.6 is 34.0 Å². The first kappa shape index (κ1) is 19.4. The van der Waals surface area contributed by atoms with Crippen molar-refractivity contribution in [2.24, 2.45) is 0 Å². The first-order valence-electron chi connectivity index (χ1n) is 11.0. The minimum absolute atomic E-state index is 1.07. The van der Waals surface area contributed by atoms with E-state index < -0.39 is 0 Å². The third-order valence-electron chi connectivity index (χ3n) is 5.93. The highest BCUT2D eigenvalue weighted by Crippen LogP contribution is 2.50. The van der Waals surface area contributed by atoms with Gasteiger partial charge in [-0.25, -0.2) is 0 Å². The van der Waals surface area contributed by atoms with Gasteiger partial charge in [-0.1, -0.05) is 62.6 Å². The predicted octanol–water partition coefficient (Wildman–Crippen LogP) is 9.27. The molecule has 0 saturated heterocycles. The molecule has 5 heteroatoms. The maximum absolute atomic E-state index is 3.68. The van der Waals surface area contributed by atoms with Gasteiger partial charge in [0.1, 0.15) is 0 Å². The number of nitrogens with zero attached hydrogens (tertiary/aromatic N) is 1. The monoisotopic (exact) mass is 460 g/mol. The van der Waals surface area contributed by atoms with Crippen molar-refractivity contribution in [1.29, 1.82) is 0 Å². The fourth-order valence-electron chi connectivity index (χ4n) is 4.46. The van der Waals surface area contributed by atoms with Crippen LogP contribution in [0.5, 0.6) is 0 Å². The van der Waals surface area contributed by atoms with Crippen molar-refractivity contribution in [3.63, 3.8) is 0 Å². The highest BCUT2D eigenvalue weighted by atomic mass is 32.2. The summed E-state index contributed by atoms with van der Waals surface area (Å²) in [6, 6.07) is 22.0. The Bertz CT molecular complexity index is 1500. The maximum atomic E-state index is 3.68. The van der Waals surface area contributed by atoms with Gasteiger partial charge in [-0.2, -0.15) is 0 Å². The molecule has 6 aromatic rings. The van der Waals surface area contributed by atoms with Gasteiger partial charge >= 0.3 is 0 Å². The largest absolute Gasteiger partial charge is 0.377 e. The molecule has 4 aromatic heterocycles. The Labute approximate surface area is 193 Å². The molecule has 6 rings (SSSR count). The summed E-state index contributed by atoms with van der Waals surface area (Å²) < 4.78 is 8.13. The lowest BCUT2D eigenvalue weighted by molar-refractivity contribution is 0.685. The van der Waals surface area contributed by atoms with Crippen LogP contribution in [0.4, 0.5) is 5.00 Å². The van der Waals surface area contributed by atoms with Gasteiger partial charge in [-0.05, 0) is 30.7 Å². The lowest BCUT2D eigenvalue weighted by Gasteiger charge is -2.07. The Hall–Kier alpha value is -2.34. The molecule has 0 bridgehead atoms. The van der Waals surface area contributed by atoms with Crippen molar-refractivity contribution in [3.8, 4) is 5.69 Å². The quantitative estimate of drug-likeness (QED) is 0.235. The molecule has 156 valence electrons. The van der Waals surface area contributed by atoms with Gasteiger partial charge in [-0.15, -0.1) is 34.0 Å². The number of nitrogens with one attached hydrogen (secondary N) is 1. The molecule has 0 aliphatic heterocycles. The fraction of sp³-hybridized carbons (Fsp3) is 0.231. The zero-order chi connectivity index (χ0) is 20.8. The average Bonchev–Trinajstić information content (AvgIpc) is 3.51. The fourth-order valence-corrected chi connectivity index (χ4v) is 8.28. The Balaban J connectivity index is 1.54. The lowest BCUT2D eigenvalue weighted by Crippen LogP contribution is -1.99. The van der Waals surface area contributed by atoms with Crippen molar-refractivity contribution < 1.29 is 0 Å². The van der Waals surface area contributed by atoms with Crippen LogP contribution in [0, 0.1) is 0 Å². The van der Waals surface area contributed by atoms with E-state index in [0.717, 1.165) is 6.54 Å². The molecule has 2 aromatic carbocycles. The molecule has 31 heavy (non-hydrogen) atoms. The molecule has 0 amide bonds. The number of anilines is 1. The molecule has 0 atom stereocenters. The van der Waals surface area contributed by atoms with E-state index in [0.29, 0.717) is 0 Å². The standard InChI is InChI=1S/C26H24N2S3/c1-2-3-4-10-15-27-21-16-19-23-25(31-26(19)30-21)24-22(18-13-8-9-14-20(18)29-24)28(23)17-11-6-5-7-12-17/h5-9,11-14,16,27H,2-4,10,15H2,1H3. The van der Waals surface area contributed by atoms with Gasteiger partial charge < -0.3 is 9.88 Å². The van der Waals surface area contributed by atoms with Crippen LogP contribution in [0.15, 0.2) is 60.7 Å². The second-order valence-electron chi connectivity index (χ2n) is 8.03. The maximum Gasteiger partial charge on any atom is 0.0915 e. The van der Waals surface area contributed by atoms with E-state index >= 15 is 0 Å². The number of thiophene rings is 3. The summed E-state index contributed by atoms with van der Waals surface area (Å²) in [7, 11) is 0. The number of fused-ring (bicyclic) bond motifs is 7. The number of hydrogen-bond donors (Lipinski definition) is 1. The number of para-hydroxylation sites is 1. The molecular weight excluding hydrogens is 437 g/mol. The van der Waals surface area contributed by atoms with Crippen molar-refractivity contribution in [3.05, 3.63) is 60.7 Å². The summed E-state index contributed by atoms with van der Waals surface area (Å²) in [5.41, 5.74) is 3.97. The summed E-state index contributed by atoms with van der Waals surface area (Å²) in [5, 5.41) is 7.72. The van der Waals surface area contributed by atoms with Gasteiger partial charge in [0, 0.05) is 27.7 Å². The Morgan fingerprint density at radius 1 is 0.774 bits per heavy atom. The van der Waals surface area contributed by atoms with Crippen molar-refractivity contribution in [2.45, 2.75) is 32.6 Å². The Morgan fingerprint density at radius 2 is 1.55 bits per heavy atom. The first-order chi connectivity index (χ1) is 15.3. The van der Waals surface area contributed by atoms with E-state index in [1.807, 2.05) is 34.0 Å². The average molecular weight is 461 g/mol. The number of aromatic nitrogens is 1. The van der Waals surface area contributed by atoms with Crippen LogP contribution in [0.1, 0.15) is 32.6 Å².